The van der Waals surface area contributed by atoms with Crippen molar-refractivity contribution in [3.05, 3.63) is 0 Å². The molecule has 0 bridgehead atoms. The first kappa shape index (κ1) is 12.9. The summed E-state index contributed by atoms with van der Waals surface area (Å²) < 4.78 is 5.16. The van der Waals surface area contributed by atoms with Crippen molar-refractivity contribution in [1.82, 2.24) is 10.2 Å². The van der Waals surface area contributed by atoms with Crippen LogP contribution in [0.25, 0.3) is 0 Å². The van der Waals surface area contributed by atoms with Gasteiger partial charge in [-0.3, -0.25) is 4.90 Å². The Morgan fingerprint density at radius 1 is 1.47 bits per heavy atom. The fourth-order valence-electron chi connectivity index (χ4n) is 1.61. The van der Waals surface area contributed by atoms with Gasteiger partial charge in [0, 0.05) is 25.2 Å². The summed E-state index contributed by atoms with van der Waals surface area (Å²) in [5.41, 5.74) is 0. The highest BCUT2D eigenvalue weighted by Gasteiger charge is 2.28. The number of aliphatic hydroxyl groups excluding tert-OH is 1. The van der Waals surface area contributed by atoms with Crippen molar-refractivity contribution >= 4 is 0 Å². The van der Waals surface area contributed by atoms with Gasteiger partial charge in [-0.25, -0.2) is 0 Å². The van der Waals surface area contributed by atoms with Crippen molar-refractivity contribution in [1.29, 1.82) is 0 Å². The summed E-state index contributed by atoms with van der Waals surface area (Å²) in [6, 6.07) is 1.42. The third-order valence-corrected chi connectivity index (χ3v) is 2.92. The number of rotatable bonds is 9. The molecule has 2 N–H and O–H groups in total. The first-order valence-electron chi connectivity index (χ1n) is 5.87. The smallest absolute Gasteiger partial charge is 0.0698 e. The lowest BCUT2D eigenvalue weighted by atomic mass is 10.3. The molecule has 0 aliphatic heterocycles. The zero-order chi connectivity index (χ0) is 11.1. The van der Waals surface area contributed by atoms with Crippen molar-refractivity contribution in [2.75, 3.05) is 40.0 Å². The second-order valence-corrected chi connectivity index (χ2v) is 4.29. The van der Waals surface area contributed by atoms with Crippen LogP contribution < -0.4 is 5.32 Å². The molecule has 0 heterocycles. The van der Waals surface area contributed by atoms with E-state index in [4.69, 9.17) is 9.84 Å². The predicted molar refractivity (Wildman–Crippen MR) is 61.0 cm³/mol. The number of likely N-dealkylation sites (N-methyl/N-ethyl adjacent to an activating group) is 1. The van der Waals surface area contributed by atoms with E-state index in [1.54, 1.807) is 0 Å². The number of ether oxygens (including phenoxy) is 1. The molecule has 0 aromatic carbocycles. The SMILES string of the molecule is CC(CNCCOCCO)N(C)C1CC1. The Balaban J connectivity index is 1.89. The van der Waals surface area contributed by atoms with E-state index in [0.717, 1.165) is 19.1 Å². The van der Waals surface area contributed by atoms with Crippen LogP contribution in [0, 0.1) is 0 Å². The van der Waals surface area contributed by atoms with Gasteiger partial charge in [-0.1, -0.05) is 0 Å². The lowest BCUT2D eigenvalue weighted by Crippen LogP contribution is -2.40. The largest absolute Gasteiger partial charge is 0.394 e. The normalized spacial score (nSPS) is 18.4. The number of hydrogen-bond donors (Lipinski definition) is 2. The molecule has 1 unspecified atom stereocenters. The first-order chi connectivity index (χ1) is 7.25. The van der Waals surface area contributed by atoms with Crippen LogP contribution in [0.4, 0.5) is 0 Å². The van der Waals surface area contributed by atoms with Crippen LogP contribution in [0.5, 0.6) is 0 Å². The molecule has 4 heteroatoms. The van der Waals surface area contributed by atoms with E-state index in [-0.39, 0.29) is 6.61 Å². The van der Waals surface area contributed by atoms with Crippen LogP contribution in [0.2, 0.25) is 0 Å². The van der Waals surface area contributed by atoms with E-state index in [0.29, 0.717) is 19.3 Å². The third kappa shape index (κ3) is 5.47. The number of aliphatic hydroxyl groups is 1. The Morgan fingerprint density at radius 2 is 2.20 bits per heavy atom. The van der Waals surface area contributed by atoms with Crippen LogP contribution >= 0.6 is 0 Å². The van der Waals surface area contributed by atoms with Crippen LogP contribution in [0.15, 0.2) is 0 Å². The molecule has 1 aliphatic rings. The highest BCUT2D eigenvalue weighted by Crippen LogP contribution is 2.26. The van der Waals surface area contributed by atoms with E-state index in [9.17, 15) is 0 Å². The molecular weight excluding hydrogens is 192 g/mol. The van der Waals surface area contributed by atoms with Crippen molar-refractivity contribution in [3.63, 3.8) is 0 Å². The molecule has 1 atom stereocenters. The van der Waals surface area contributed by atoms with E-state index in [1.165, 1.54) is 12.8 Å². The Bertz CT molecular complexity index is 163. The lowest BCUT2D eigenvalue weighted by Gasteiger charge is -2.24. The molecule has 0 aromatic heterocycles. The van der Waals surface area contributed by atoms with Crippen molar-refractivity contribution < 1.29 is 9.84 Å². The first-order valence-corrected chi connectivity index (χ1v) is 5.87. The molecule has 1 rings (SSSR count). The maximum atomic E-state index is 8.50. The Hall–Kier alpha value is -0.160. The fourth-order valence-corrected chi connectivity index (χ4v) is 1.61. The van der Waals surface area contributed by atoms with Gasteiger partial charge in [-0.2, -0.15) is 0 Å². The predicted octanol–water partition coefficient (Wildman–Crippen LogP) is 0.0676. The summed E-state index contributed by atoms with van der Waals surface area (Å²) >= 11 is 0. The quantitative estimate of drug-likeness (QED) is 0.535. The number of hydrogen-bond acceptors (Lipinski definition) is 4. The van der Waals surface area contributed by atoms with Gasteiger partial charge in [0.2, 0.25) is 0 Å². The van der Waals surface area contributed by atoms with Gasteiger partial charge in [0.25, 0.3) is 0 Å². The van der Waals surface area contributed by atoms with Crippen molar-refractivity contribution in [2.45, 2.75) is 31.8 Å². The van der Waals surface area contributed by atoms with Crippen LogP contribution in [0.3, 0.4) is 0 Å². The van der Waals surface area contributed by atoms with E-state index in [2.05, 4.69) is 24.2 Å². The van der Waals surface area contributed by atoms with Crippen LogP contribution in [0.1, 0.15) is 19.8 Å². The number of nitrogens with one attached hydrogen (secondary N) is 1. The molecule has 0 amide bonds. The van der Waals surface area contributed by atoms with Gasteiger partial charge in [0.1, 0.15) is 0 Å². The fraction of sp³-hybridized carbons (Fsp3) is 1.00. The summed E-state index contributed by atoms with van der Waals surface area (Å²) in [6.45, 7) is 5.36. The molecule has 1 saturated carbocycles. The van der Waals surface area contributed by atoms with E-state index < -0.39 is 0 Å². The van der Waals surface area contributed by atoms with Gasteiger partial charge in [-0.05, 0) is 26.8 Å². The maximum Gasteiger partial charge on any atom is 0.0698 e. The van der Waals surface area contributed by atoms with Crippen molar-refractivity contribution in [3.8, 4) is 0 Å². The summed E-state index contributed by atoms with van der Waals surface area (Å²) in [5, 5.41) is 11.9. The van der Waals surface area contributed by atoms with E-state index in [1.807, 2.05) is 0 Å². The second-order valence-electron chi connectivity index (χ2n) is 4.29. The standard InChI is InChI=1S/C11H24N2O2/c1-10(13(2)11-3-4-11)9-12-5-7-15-8-6-14/h10-12,14H,3-9H2,1-2H3. The molecule has 15 heavy (non-hydrogen) atoms. The molecule has 1 aliphatic carbocycles. The minimum atomic E-state index is 0.112. The molecule has 90 valence electrons. The van der Waals surface area contributed by atoms with Gasteiger partial charge in [0.05, 0.1) is 19.8 Å². The van der Waals surface area contributed by atoms with Crippen molar-refractivity contribution in [2.24, 2.45) is 0 Å². The zero-order valence-corrected chi connectivity index (χ0v) is 9.91. The molecule has 0 aromatic rings. The minimum absolute atomic E-state index is 0.112. The molecule has 4 nitrogen and oxygen atoms in total. The molecule has 0 saturated heterocycles. The van der Waals surface area contributed by atoms with Gasteiger partial charge in [0.15, 0.2) is 0 Å². The average Bonchev–Trinajstić information content (AvgIpc) is 3.05. The topological polar surface area (TPSA) is 44.7 Å². The van der Waals surface area contributed by atoms with Gasteiger partial charge < -0.3 is 15.2 Å². The molecule has 1 fully saturated rings. The second kappa shape index (κ2) is 7.17. The molecular formula is C11H24N2O2. The third-order valence-electron chi connectivity index (χ3n) is 2.92. The molecule has 0 radical (unpaired) electrons. The average molecular weight is 216 g/mol. The van der Waals surface area contributed by atoms with Crippen LogP contribution in [-0.2, 0) is 4.74 Å². The van der Waals surface area contributed by atoms with E-state index >= 15 is 0 Å². The zero-order valence-electron chi connectivity index (χ0n) is 9.91. The van der Waals surface area contributed by atoms with Crippen LogP contribution in [-0.4, -0.2) is 62.0 Å². The minimum Gasteiger partial charge on any atom is -0.394 e. The highest BCUT2D eigenvalue weighted by molar-refractivity contribution is 4.85. The summed E-state index contributed by atoms with van der Waals surface area (Å²) in [6.07, 6.45) is 2.72. The monoisotopic (exact) mass is 216 g/mol. The summed E-state index contributed by atoms with van der Waals surface area (Å²) in [4.78, 5) is 2.45. The summed E-state index contributed by atoms with van der Waals surface area (Å²) in [7, 11) is 2.20. The van der Waals surface area contributed by atoms with Gasteiger partial charge >= 0.3 is 0 Å². The van der Waals surface area contributed by atoms with Gasteiger partial charge in [-0.15, -0.1) is 0 Å². The Morgan fingerprint density at radius 3 is 2.80 bits per heavy atom. The Kier molecular flexibility index (Phi) is 6.17. The maximum absolute atomic E-state index is 8.50. The summed E-state index contributed by atoms with van der Waals surface area (Å²) in [5.74, 6) is 0. The number of nitrogens with zero attached hydrogens (tertiary/aromatic N) is 1. The lowest BCUT2D eigenvalue weighted by molar-refractivity contribution is 0.0929. The molecule has 0 spiro atoms. The highest BCUT2D eigenvalue weighted by atomic mass is 16.5. The Labute approximate surface area is 92.6 Å².